The van der Waals surface area contributed by atoms with Crippen molar-refractivity contribution in [3.63, 3.8) is 0 Å². The van der Waals surface area contributed by atoms with Gasteiger partial charge in [-0.3, -0.25) is 9.89 Å². The van der Waals surface area contributed by atoms with Crippen LogP contribution in [0.25, 0.3) is 0 Å². The molecule has 2 aromatic rings. The maximum absolute atomic E-state index is 11.7. The number of rotatable bonds is 7. The van der Waals surface area contributed by atoms with E-state index in [1.807, 2.05) is 26.4 Å². The molecule has 2 N–H and O–H groups in total. The molecule has 0 aliphatic heterocycles. The second kappa shape index (κ2) is 6.88. The van der Waals surface area contributed by atoms with Crippen LogP contribution >= 0.6 is 0 Å². The number of imidazole rings is 1. The van der Waals surface area contributed by atoms with E-state index in [2.05, 4.69) is 25.1 Å². The van der Waals surface area contributed by atoms with Gasteiger partial charge in [0.1, 0.15) is 0 Å². The van der Waals surface area contributed by atoms with Crippen molar-refractivity contribution in [2.45, 2.75) is 39.7 Å². The molecule has 0 atom stereocenters. The number of aryl methyl sites for hydroxylation is 2. The zero-order valence-corrected chi connectivity index (χ0v) is 12.0. The lowest BCUT2D eigenvalue weighted by Gasteiger charge is -2.07. The topological polar surface area (TPSA) is 75.6 Å². The SMILES string of the molecule is Cc1ncn(CCNC(=O)CCCc2cn[nH]c2)c1C. The van der Waals surface area contributed by atoms with Gasteiger partial charge in [-0.2, -0.15) is 5.10 Å². The highest BCUT2D eigenvalue weighted by Gasteiger charge is 2.04. The van der Waals surface area contributed by atoms with Gasteiger partial charge in [-0.25, -0.2) is 4.98 Å². The second-order valence-corrected chi connectivity index (χ2v) is 4.92. The third-order valence-electron chi connectivity index (χ3n) is 3.44. The number of nitrogens with zero attached hydrogens (tertiary/aromatic N) is 3. The third-order valence-corrected chi connectivity index (χ3v) is 3.44. The molecule has 0 spiro atoms. The molecule has 0 aliphatic carbocycles. The van der Waals surface area contributed by atoms with E-state index in [9.17, 15) is 4.79 Å². The average Bonchev–Trinajstić information content (AvgIpc) is 3.04. The van der Waals surface area contributed by atoms with Crippen molar-refractivity contribution in [3.05, 3.63) is 35.7 Å². The van der Waals surface area contributed by atoms with Gasteiger partial charge in [0.2, 0.25) is 5.91 Å². The molecule has 0 fully saturated rings. The van der Waals surface area contributed by atoms with Gasteiger partial charge in [0.25, 0.3) is 0 Å². The Morgan fingerprint density at radius 1 is 1.45 bits per heavy atom. The van der Waals surface area contributed by atoms with E-state index in [0.717, 1.165) is 36.3 Å². The number of aromatic nitrogens is 4. The maximum Gasteiger partial charge on any atom is 0.220 e. The molecule has 0 saturated heterocycles. The van der Waals surface area contributed by atoms with E-state index < -0.39 is 0 Å². The Bertz CT molecular complexity index is 544. The molecule has 0 aliphatic rings. The summed E-state index contributed by atoms with van der Waals surface area (Å²) in [5, 5.41) is 9.58. The van der Waals surface area contributed by atoms with Gasteiger partial charge in [0.05, 0.1) is 18.2 Å². The zero-order chi connectivity index (χ0) is 14.4. The summed E-state index contributed by atoms with van der Waals surface area (Å²) in [7, 11) is 0. The van der Waals surface area contributed by atoms with Gasteiger partial charge in [0.15, 0.2) is 0 Å². The lowest BCUT2D eigenvalue weighted by atomic mass is 10.1. The molecule has 0 bridgehead atoms. The summed E-state index contributed by atoms with van der Waals surface area (Å²) in [5.41, 5.74) is 3.33. The van der Waals surface area contributed by atoms with Gasteiger partial charge in [0, 0.05) is 31.4 Å². The van der Waals surface area contributed by atoms with Crippen LogP contribution in [0.15, 0.2) is 18.7 Å². The van der Waals surface area contributed by atoms with Gasteiger partial charge < -0.3 is 9.88 Å². The van der Waals surface area contributed by atoms with Crippen LogP contribution < -0.4 is 5.32 Å². The predicted molar refractivity (Wildman–Crippen MR) is 76.2 cm³/mol. The minimum atomic E-state index is 0.1000. The summed E-state index contributed by atoms with van der Waals surface area (Å²) < 4.78 is 2.06. The minimum Gasteiger partial charge on any atom is -0.354 e. The Kier molecular flexibility index (Phi) is 4.92. The van der Waals surface area contributed by atoms with Crippen LogP contribution in [0.1, 0.15) is 29.8 Å². The number of amides is 1. The van der Waals surface area contributed by atoms with Crippen molar-refractivity contribution in [2.75, 3.05) is 6.54 Å². The monoisotopic (exact) mass is 275 g/mol. The van der Waals surface area contributed by atoms with Crippen LogP contribution in [-0.2, 0) is 17.8 Å². The normalized spacial score (nSPS) is 10.7. The second-order valence-electron chi connectivity index (χ2n) is 4.92. The van der Waals surface area contributed by atoms with E-state index in [4.69, 9.17) is 0 Å². The predicted octanol–water partition coefficient (Wildman–Crippen LogP) is 1.36. The van der Waals surface area contributed by atoms with Crippen molar-refractivity contribution in [3.8, 4) is 0 Å². The standard InChI is InChI=1S/C14H21N5O/c1-11-12(2)19(10-16-11)7-6-15-14(20)5-3-4-13-8-17-18-9-13/h8-10H,3-7H2,1-2H3,(H,15,20)(H,17,18). The number of hydrogen-bond acceptors (Lipinski definition) is 3. The van der Waals surface area contributed by atoms with Crippen LogP contribution in [0, 0.1) is 13.8 Å². The third kappa shape index (κ3) is 3.94. The zero-order valence-electron chi connectivity index (χ0n) is 12.0. The molecule has 2 rings (SSSR count). The summed E-state index contributed by atoms with van der Waals surface area (Å²) in [6, 6.07) is 0. The largest absolute Gasteiger partial charge is 0.354 e. The van der Waals surface area contributed by atoms with E-state index in [1.165, 1.54) is 0 Å². The lowest BCUT2D eigenvalue weighted by molar-refractivity contribution is -0.121. The fraction of sp³-hybridized carbons (Fsp3) is 0.500. The number of aromatic amines is 1. The molecule has 108 valence electrons. The van der Waals surface area contributed by atoms with Gasteiger partial charge in [-0.15, -0.1) is 0 Å². The molecule has 0 saturated carbocycles. The highest BCUT2D eigenvalue weighted by molar-refractivity contribution is 5.75. The average molecular weight is 275 g/mol. The van der Waals surface area contributed by atoms with E-state index >= 15 is 0 Å². The number of hydrogen-bond donors (Lipinski definition) is 2. The van der Waals surface area contributed by atoms with Crippen molar-refractivity contribution < 1.29 is 4.79 Å². The molecule has 0 unspecified atom stereocenters. The first-order valence-electron chi connectivity index (χ1n) is 6.89. The Morgan fingerprint density at radius 2 is 2.30 bits per heavy atom. The van der Waals surface area contributed by atoms with Gasteiger partial charge in [-0.05, 0) is 32.3 Å². The Morgan fingerprint density at radius 3 is 2.95 bits per heavy atom. The molecule has 0 radical (unpaired) electrons. The smallest absolute Gasteiger partial charge is 0.220 e. The van der Waals surface area contributed by atoms with Crippen molar-refractivity contribution >= 4 is 5.91 Å². The van der Waals surface area contributed by atoms with Gasteiger partial charge >= 0.3 is 0 Å². The highest BCUT2D eigenvalue weighted by atomic mass is 16.1. The first kappa shape index (κ1) is 14.3. The number of nitrogens with one attached hydrogen (secondary N) is 2. The lowest BCUT2D eigenvalue weighted by Crippen LogP contribution is -2.27. The van der Waals surface area contributed by atoms with Crippen molar-refractivity contribution in [1.82, 2.24) is 25.1 Å². The summed E-state index contributed by atoms with van der Waals surface area (Å²) in [5.74, 6) is 0.1000. The maximum atomic E-state index is 11.7. The quantitative estimate of drug-likeness (QED) is 0.801. The summed E-state index contributed by atoms with van der Waals surface area (Å²) in [6.07, 6.45) is 7.74. The Labute approximate surface area is 118 Å². The molecule has 0 aromatic carbocycles. The van der Waals surface area contributed by atoms with Crippen LogP contribution in [0.5, 0.6) is 0 Å². The summed E-state index contributed by atoms with van der Waals surface area (Å²) in [6.45, 7) is 5.43. The molecular formula is C14H21N5O. The molecule has 6 heteroatoms. The van der Waals surface area contributed by atoms with Crippen molar-refractivity contribution in [2.24, 2.45) is 0 Å². The molecule has 20 heavy (non-hydrogen) atoms. The fourth-order valence-corrected chi connectivity index (χ4v) is 2.04. The minimum absolute atomic E-state index is 0.1000. The molecule has 1 amide bonds. The van der Waals surface area contributed by atoms with Crippen LogP contribution in [-0.4, -0.2) is 32.2 Å². The summed E-state index contributed by atoms with van der Waals surface area (Å²) >= 11 is 0. The van der Waals surface area contributed by atoms with Crippen LogP contribution in [0.2, 0.25) is 0 Å². The highest BCUT2D eigenvalue weighted by Crippen LogP contribution is 2.04. The van der Waals surface area contributed by atoms with Crippen LogP contribution in [0.4, 0.5) is 0 Å². The number of H-pyrrole nitrogens is 1. The Balaban J connectivity index is 1.61. The molecular weight excluding hydrogens is 254 g/mol. The van der Waals surface area contributed by atoms with E-state index in [1.54, 1.807) is 6.20 Å². The number of carbonyl (C=O) groups excluding carboxylic acids is 1. The van der Waals surface area contributed by atoms with Crippen molar-refractivity contribution in [1.29, 1.82) is 0 Å². The Hall–Kier alpha value is -2.11. The first-order chi connectivity index (χ1) is 9.66. The van der Waals surface area contributed by atoms with E-state index in [-0.39, 0.29) is 5.91 Å². The molecule has 2 heterocycles. The van der Waals surface area contributed by atoms with Gasteiger partial charge in [-0.1, -0.05) is 0 Å². The van der Waals surface area contributed by atoms with Crippen LogP contribution in [0.3, 0.4) is 0 Å². The first-order valence-corrected chi connectivity index (χ1v) is 6.89. The summed E-state index contributed by atoms with van der Waals surface area (Å²) in [4.78, 5) is 15.9. The molecule has 6 nitrogen and oxygen atoms in total. The fourth-order valence-electron chi connectivity index (χ4n) is 2.04. The molecule has 2 aromatic heterocycles. The van der Waals surface area contributed by atoms with E-state index in [0.29, 0.717) is 13.0 Å². The number of carbonyl (C=O) groups is 1.